The SMILES string of the molecule is O=CCN1CCNCC1c1cccc2ccccc12. The van der Waals surface area contributed by atoms with Crippen LogP contribution in [0.5, 0.6) is 0 Å². The summed E-state index contributed by atoms with van der Waals surface area (Å²) in [5.74, 6) is 0. The molecule has 3 heteroatoms. The minimum atomic E-state index is 0.282. The van der Waals surface area contributed by atoms with Crippen molar-refractivity contribution in [2.24, 2.45) is 0 Å². The number of hydrogen-bond donors (Lipinski definition) is 1. The standard InChI is InChI=1S/C16H18N2O/c19-11-10-18-9-8-17-12-16(18)15-7-3-5-13-4-1-2-6-14(13)15/h1-7,11,16-17H,8-10,12H2. The van der Waals surface area contributed by atoms with Gasteiger partial charge in [-0.15, -0.1) is 0 Å². The Kier molecular flexibility index (Phi) is 3.58. The summed E-state index contributed by atoms with van der Waals surface area (Å²) >= 11 is 0. The molecule has 3 rings (SSSR count). The molecular formula is C16H18N2O. The van der Waals surface area contributed by atoms with Crippen molar-refractivity contribution in [2.75, 3.05) is 26.2 Å². The van der Waals surface area contributed by atoms with Gasteiger partial charge in [0.2, 0.25) is 0 Å². The lowest BCUT2D eigenvalue weighted by molar-refractivity contribution is -0.109. The van der Waals surface area contributed by atoms with Crippen molar-refractivity contribution in [3.63, 3.8) is 0 Å². The maximum Gasteiger partial charge on any atom is 0.134 e. The molecule has 1 N–H and O–H groups in total. The number of carbonyl (C=O) groups excluding carboxylic acids is 1. The van der Waals surface area contributed by atoms with Crippen molar-refractivity contribution in [3.05, 3.63) is 48.0 Å². The van der Waals surface area contributed by atoms with Crippen molar-refractivity contribution in [1.29, 1.82) is 0 Å². The van der Waals surface area contributed by atoms with Gasteiger partial charge in [0.15, 0.2) is 0 Å². The number of nitrogens with zero attached hydrogens (tertiary/aromatic N) is 1. The van der Waals surface area contributed by atoms with Crippen molar-refractivity contribution in [3.8, 4) is 0 Å². The van der Waals surface area contributed by atoms with Crippen molar-refractivity contribution < 1.29 is 4.79 Å². The number of nitrogens with one attached hydrogen (secondary N) is 1. The largest absolute Gasteiger partial charge is 0.314 e. The van der Waals surface area contributed by atoms with Crippen LogP contribution in [0.3, 0.4) is 0 Å². The number of hydrogen-bond acceptors (Lipinski definition) is 3. The molecule has 0 saturated carbocycles. The van der Waals surface area contributed by atoms with Crippen LogP contribution in [0.1, 0.15) is 11.6 Å². The second-order valence-corrected chi connectivity index (χ2v) is 4.95. The Labute approximate surface area is 113 Å². The predicted octanol–water partition coefficient (Wildman–Crippen LogP) is 1.98. The molecule has 0 spiro atoms. The Balaban J connectivity index is 2.04. The molecule has 1 unspecified atom stereocenters. The molecule has 3 nitrogen and oxygen atoms in total. The van der Waals surface area contributed by atoms with E-state index in [1.165, 1.54) is 16.3 Å². The maximum absolute atomic E-state index is 10.9. The number of piperazine rings is 1. The normalized spacial score (nSPS) is 20.5. The summed E-state index contributed by atoms with van der Waals surface area (Å²) in [6.07, 6.45) is 1.00. The smallest absolute Gasteiger partial charge is 0.134 e. The Hall–Kier alpha value is -1.71. The van der Waals surface area contributed by atoms with Gasteiger partial charge in [0.25, 0.3) is 0 Å². The third-order valence-corrected chi connectivity index (χ3v) is 3.85. The molecule has 1 atom stereocenters. The molecule has 0 amide bonds. The zero-order valence-electron chi connectivity index (χ0n) is 10.9. The predicted molar refractivity (Wildman–Crippen MR) is 77.2 cm³/mol. The first-order valence-electron chi connectivity index (χ1n) is 6.76. The van der Waals surface area contributed by atoms with Crippen LogP contribution in [-0.2, 0) is 4.79 Å². The molecule has 19 heavy (non-hydrogen) atoms. The van der Waals surface area contributed by atoms with E-state index in [0.29, 0.717) is 6.54 Å². The number of rotatable bonds is 3. The average molecular weight is 254 g/mol. The minimum Gasteiger partial charge on any atom is -0.314 e. The van der Waals surface area contributed by atoms with Crippen LogP contribution in [0.4, 0.5) is 0 Å². The van der Waals surface area contributed by atoms with Crippen molar-refractivity contribution >= 4 is 17.1 Å². The first-order valence-corrected chi connectivity index (χ1v) is 6.76. The van der Waals surface area contributed by atoms with Gasteiger partial charge < -0.3 is 10.1 Å². The van der Waals surface area contributed by atoms with E-state index in [-0.39, 0.29) is 6.04 Å². The van der Waals surface area contributed by atoms with Crippen LogP contribution in [0.2, 0.25) is 0 Å². The second-order valence-electron chi connectivity index (χ2n) is 4.95. The lowest BCUT2D eigenvalue weighted by Gasteiger charge is -2.35. The topological polar surface area (TPSA) is 32.3 Å². The number of aldehydes is 1. The van der Waals surface area contributed by atoms with Crippen molar-refractivity contribution in [1.82, 2.24) is 10.2 Å². The lowest BCUT2D eigenvalue weighted by atomic mass is 9.96. The van der Waals surface area contributed by atoms with Gasteiger partial charge in [-0.3, -0.25) is 4.90 Å². The minimum absolute atomic E-state index is 0.282. The molecule has 2 aromatic rings. The summed E-state index contributed by atoms with van der Waals surface area (Å²) in [6, 6.07) is 15.1. The summed E-state index contributed by atoms with van der Waals surface area (Å²) in [5, 5.41) is 5.98. The van der Waals surface area contributed by atoms with E-state index < -0.39 is 0 Å². The van der Waals surface area contributed by atoms with Gasteiger partial charge in [-0.2, -0.15) is 0 Å². The molecule has 1 fully saturated rings. The molecule has 0 radical (unpaired) electrons. The van der Waals surface area contributed by atoms with Gasteiger partial charge in [0.05, 0.1) is 6.54 Å². The summed E-state index contributed by atoms with van der Waals surface area (Å²) < 4.78 is 0. The molecule has 0 bridgehead atoms. The molecule has 0 aliphatic carbocycles. The third-order valence-electron chi connectivity index (χ3n) is 3.85. The zero-order valence-corrected chi connectivity index (χ0v) is 10.9. The number of benzene rings is 2. The highest BCUT2D eigenvalue weighted by Crippen LogP contribution is 2.28. The van der Waals surface area contributed by atoms with Crippen LogP contribution < -0.4 is 5.32 Å². The summed E-state index contributed by atoms with van der Waals surface area (Å²) in [4.78, 5) is 13.1. The Morgan fingerprint density at radius 1 is 1.21 bits per heavy atom. The van der Waals surface area contributed by atoms with Crippen LogP contribution in [0.25, 0.3) is 10.8 Å². The monoisotopic (exact) mass is 254 g/mol. The van der Waals surface area contributed by atoms with E-state index in [1.807, 2.05) is 0 Å². The highest BCUT2D eigenvalue weighted by atomic mass is 16.1. The highest BCUT2D eigenvalue weighted by Gasteiger charge is 2.24. The molecule has 2 aromatic carbocycles. The van der Waals surface area contributed by atoms with E-state index in [1.54, 1.807) is 0 Å². The van der Waals surface area contributed by atoms with E-state index in [2.05, 4.69) is 52.7 Å². The van der Waals surface area contributed by atoms with Crippen LogP contribution in [-0.4, -0.2) is 37.4 Å². The Morgan fingerprint density at radius 2 is 2.05 bits per heavy atom. The zero-order chi connectivity index (χ0) is 13.1. The molecule has 1 heterocycles. The maximum atomic E-state index is 10.9. The van der Waals surface area contributed by atoms with Crippen molar-refractivity contribution in [2.45, 2.75) is 6.04 Å². The number of fused-ring (bicyclic) bond motifs is 1. The van der Waals surface area contributed by atoms with E-state index in [4.69, 9.17) is 0 Å². The molecule has 1 aliphatic heterocycles. The van der Waals surface area contributed by atoms with Gasteiger partial charge >= 0.3 is 0 Å². The molecule has 1 aliphatic rings. The van der Waals surface area contributed by atoms with Gasteiger partial charge in [0, 0.05) is 25.7 Å². The highest BCUT2D eigenvalue weighted by molar-refractivity contribution is 5.86. The fourth-order valence-electron chi connectivity index (χ4n) is 2.91. The van der Waals surface area contributed by atoms with Crippen LogP contribution in [0.15, 0.2) is 42.5 Å². The van der Waals surface area contributed by atoms with Crippen LogP contribution >= 0.6 is 0 Å². The summed E-state index contributed by atoms with van der Waals surface area (Å²) in [5.41, 5.74) is 1.31. The average Bonchev–Trinajstić information content (AvgIpc) is 2.48. The number of carbonyl (C=O) groups is 1. The molecule has 1 saturated heterocycles. The van der Waals surface area contributed by atoms with E-state index in [0.717, 1.165) is 25.9 Å². The fourth-order valence-corrected chi connectivity index (χ4v) is 2.91. The van der Waals surface area contributed by atoms with Gasteiger partial charge in [0.1, 0.15) is 6.29 Å². The Bertz CT molecular complexity index is 576. The van der Waals surface area contributed by atoms with E-state index in [9.17, 15) is 4.79 Å². The Morgan fingerprint density at radius 3 is 2.95 bits per heavy atom. The van der Waals surface area contributed by atoms with Gasteiger partial charge in [-0.05, 0) is 16.3 Å². The molecular weight excluding hydrogens is 236 g/mol. The quantitative estimate of drug-likeness (QED) is 0.850. The van der Waals surface area contributed by atoms with E-state index >= 15 is 0 Å². The van der Waals surface area contributed by atoms with Gasteiger partial charge in [-0.1, -0.05) is 42.5 Å². The molecule has 98 valence electrons. The van der Waals surface area contributed by atoms with Crippen LogP contribution in [0, 0.1) is 0 Å². The fraction of sp³-hybridized carbons (Fsp3) is 0.312. The lowest BCUT2D eigenvalue weighted by Crippen LogP contribution is -2.46. The first-order chi connectivity index (χ1) is 9.40. The first kappa shape index (κ1) is 12.3. The summed E-state index contributed by atoms with van der Waals surface area (Å²) in [6.45, 7) is 3.29. The third kappa shape index (κ3) is 2.39. The summed E-state index contributed by atoms with van der Waals surface area (Å²) in [7, 11) is 0. The molecule has 0 aromatic heterocycles. The second kappa shape index (κ2) is 5.51. The van der Waals surface area contributed by atoms with Gasteiger partial charge in [-0.25, -0.2) is 0 Å².